The molecule has 1 heterocycles. The molecule has 2 amide bonds. The standard InChI is InChI=1S/C26H38FN3O4/c1-16(21(31)12-13-28-25(33)34-26(2,3)4)15-29-24(32)23-22(17-8-6-5-7-9-17)19-14-18(27)10-11-20(19)30-23/h10-11,14,16-17,21,30-31H,5-9,12-13,15H2,1-4H3,(H,28,33)(H,29,32)/t16-,21?/m0/s1. The zero-order valence-electron chi connectivity index (χ0n) is 20.7. The molecule has 1 aliphatic carbocycles. The van der Waals surface area contributed by atoms with E-state index in [9.17, 15) is 19.1 Å². The van der Waals surface area contributed by atoms with E-state index in [1.54, 1.807) is 26.8 Å². The molecule has 34 heavy (non-hydrogen) atoms. The molecule has 1 aromatic carbocycles. The molecule has 0 spiro atoms. The zero-order valence-corrected chi connectivity index (χ0v) is 20.7. The zero-order chi connectivity index (χ0) is 24.9. The first-order valence-corrected chi connectivity index (χ1v) is 12.3. The van der Waals surface area contributed by atoms with E-state index in [-0.39, 0.29) is 36.6 Å². The SMILES string of the molecule is C[C@@H](CNC(=O)c1[nH]c2ccc(F)cc2c1C1CCCCC1)C(O)CCNC(=O)OC(C)(C)C. The van der Waals surface area contributed by atoms with Crippen molar-refractivity contribution < 1.29 is 23.8 Å². The Balaban J connectivity index is 1.60. The lowest BCUT2D eigenvalue weighted by atomic mass is 9.82. The van der Waals surface area contributed by atoms with Gasteiger partial charge in [-0.2, -0.15) is 0 Å². The summed E-state index contributed by atoms with van der Waals surface area (Å²) in [7, 11) is 0. The van der Waals surface area contributed by atoms with Crippen molar-refractivity contribution in [2.24, 2.45) is 5.92 Å². The van der Waals surface area contributed by atoms with Gasteiger partial charge in [0.1, 0.15) is 17.1 Å². The third-order valence-electron chi connectivity index (χ3n) is 6.39. The number of carbonyl (C=O) groups excluding carboxylic acids is 2. The van der Waals surface area contributed by atoms with Gasteiger partial charge in [-0.25, -0.2) is 9.18 Å². The molecule has 0 radical (unpaired) electrons. The van der Waals surface area contributed by atoms with Gasteiger partial charge in [-0.15, -0.1) is 0 Å². The van der Waals surface area contributed by atoms with Gasteiger partial charge in [-0.1, -0.05) is 26.2 Å². The van der Waals surface area contributed by atoms with Gasteiger partial charge in [0.15, 0.2) is 0 Å². The summed E-state index contributed by atoms with van der Waals surface area (Å²) in [5.41, 5.74) is 1.57. The number of aromatic nitrogens is 1. The minimum atomic E-state index is -0.704. The molecule has 1 aliphatic rings. The van der Waals surface area contributed by atoms with Gasteiger partial charge in [0, 0.05) is 24.0 Å². The monoisotopic (exact) mass is 475 g/mol. The van der Waals surface area contributed by atoms with Gasteiger partial charge in [-0.05, 0) is 75.6 Å². The van der Waals surface area contributed by atoms with Crippen LogP contribution in [0.4, 0.5) is 9.18 Å². The van der Waals surface area contributed by atoms with Crippen LogP contribution in [0.1, 0.15) is 88.2 Å². The number of rotatable bonds is 8. The van der Waals surface area contributed by atoms with E-state index < -0.39 is 17.8 Å². The highest BCUT2D eigenvalue weighted by atomic mass is 19.1. The number of amides is 2. The van der Waals surface area contributed by atoms with Crippen molar-refractivity contribution >= 4 is 22.9 Å². The minimum Gasteiger partial charge on any atom is -0.444 e. The summed E-state index contributed by atoms with van der Waals surface area (Å²) in [6, 6.07) is 4.59. The van der Waals surface area contributed by atoms with E-state index in [0.717, 1.165) is 42.1 Å². The number of fused-ring (bicyclic) bond motifs is 1. The fourth-order valence-electron chi connectivity index (χ4n) is 4.58. The molecule has 2 atom stereocenters. The molecule has 2 aromatic rings. The highest BCUT2D eigenvalue weighted by Gasteiger charge is 2.27. The first-order chi connectivity index (χ1) is 16.0. The van der Waals surface area contributed by atoms with Gasteiger partial charge < -0.3 is 25.5 Å². The van der Waals surface area contributed by atoms with Crippen molar-refractivity contribution in [3.8, 4) is 0 Å². The predicted molar refractivity (Wildman–Crippen MR) is 130 cm³/mol. The molecule has 0 bridgehead atoms. The normalized spacial score (nSPS) is 16.8. The van der Waals surface area contributed by atoms with Crippen LogP contribution >= 0.6 is 0 Å². The molecule has 0 saturated heterocycles. The van der Waals surface area contributed by atoms with E-state index in [0.29, 0.717) is 12.1 Å². The fourth-order valence-corrected chi connectivity index (χ4v) is 4.58. The second kappa shape index (κ2) is 11.2. The van der Waals surface area contributed by atoms with E-state index in [1.165, 1.54) is 18.6 Å². The number of hydrogen-bond acceptors (Lipinski definition) is 4. The summed E-state index contributed by atoms with van der Waals surface area (Å²) in [4.78, 5) is 28.1. The van der Waals surface area contributed by atoms with Crippen LogP contribution in [0.2, 0.25) is 0 Å². The molecule has 1 unspecified atom stereocenters. The summed E-state index contributed by atoms with van der Waals surface area (Å²) < 4.78 is 19.2. The number of alkyl carbamates (subject to hydrolysis) is 1. The molecule has 1 aromatic heterocycles. The fraction of sp³-hybridized carbons (Fsp3) is 0.615. The van der Waals surface area contributed by atoms with Gasteiger partial charge in [0.05, 0.1) is 6.10 Å². The van der Waals surface area contributed by atoms with Crippen LogP contribution in [-0.2, 0) is 4.74 Å². The number of aliphatic hydroxyl groups is 1. The van der Waals surface area contributed by atoms with Gasteiger partial charge in [0.2, 0.25) is 0 Å². The Morgan fingerprint density at radius 2 is 1.91 bits per heavy atom. The molecule has 188 valence electrons. The number of benzene rings is 1. The lowest BCUT2D eigenvalue weighted by Gasteiger charge is -2.23. The van der Waals surface area contributed by atoms with E-state index >= 15 is 0 Å². The van der Waals surface area contributed by atoms with Crippen LogP contribution in [0, 0.1) is 11.7 Å². The lowest BCUT2D eigenvalue weighted by Crippen LogP contribution is -2.37. The maximum atomic E-state index is 14.0. The molecule has 8 heteroatoms. The molecular formula is C26H38FN3O4. The Hall–Kier alpha value is -2.61. The maximum absolute atomic E-state index is 14.0. The molecule has 0 aliphatic heterocycles. The summed E-state index contributed by atoms with van der Waals surface area (Å²) in [5.74, 6) is -0.549. The number of hydrogen-bond donors (Lipinski definition) is 4. The minimum absolute atomic E-state index is 0.218. The predicted octanol–water partition coefficient (Wildman–Crippen LogP) is 5.00. The second-order valence-corrected chi connectivity index (χ2v) is 10.4. The number of H-pyrrole nitrogens is 1. The number of ether oxygens (including phenoxy) is 1. The number of carbonyl (C=O) groups is 2. The Morgan fingerprint density at radius 1 is 1.21 bits per heavy atom. The van der Waals surface area contributed by atoms with E-state index in [4.69, 9.17) is 4.74 Å². The smallest absolute Gasteiger partial charge is 0.407 e. The van der Waals surface area contributed by atoms with Crippen LogP contribution in [-0.4, -0.2) is 46.9 Å². The molecule has 7 nitrogen and oxygen atoms in total. The first kappa shape index (κ1) is 26.0. The van der Waals surface area contributed by atoms with Crippen molar-refractivity contribution in [1.82, 2.24) is 15.6 Å². The van der Waals surface area contributed by atoms with Crippen LogP contribution in [0.15, 0.2) is 18.2 Å². The van der Waals surface area contributed by atoms with Crippen molar-refractivity contribution in [3.05, 3.63) is 35.3 Å². The van der Waals surface area contributed by atoms with Gasteiger partial charge in [-0.3, -0.25) is 4.79 Å². The summed E-state index contributed by atoms with van der Waals surface area (Å²) in [6.45, 7) is 7.76. The first-order valence-electron chi connectivity index (χ1n) is 12.3. The van der Waals surface area contributed by atoms with Gasteiger partial charge >= 0.3 is 6.09 Å². The Kier molecular flexibility index (Phi) is 8.57. The molecule has 1 fully saturated rings. The molecular weight excluding hydrogens is 437 g/mol. The highest BCUT2D eigenvalue weighted by Crippen LogP contribution is 2.39. The number of nitrogens with one attached hydrogen (secondary N) is 3. The average Bonchev–Trinajstić information content (AvgIpc) is 3.15. The highest BCUT2D eigenvalue weighted by molar-refractivity contribution is 6.01. The third-order valence-corrected chi connectivity index (χ3v) is 6.39. The van der Waals surface area contributed by atoms with Crippen molar-refractivity contribution in [3.63, 3.8) is 0 Å². The summed E-state index contributed by atoms with van der Waals surface area (Å²) in [5, 5.41) is 16.8. The molecule has 1 saturated carbocycles. The lowest BCUT2D eigenvalue weighted by molar-refractivity contribution is 0.0508. The third kappa shape index (κ3) is 6.95. The topological polar surface area (TPSA) is 103 Å². The summed E-state index contributed by atoms with van der Waals surface area (Å²) >= 11 is 0. The van der Waals surface area contributed by atoms with Crippen molar-refractivity contribution in [2.45, 2.75) is 83.8 Å². The number of aromatic amines is 1. The second-order valence-electron chi connectivity index (χ2n) is 10.4. The maximum Gasteiger partial charge on any atom is 0.407 e. The number of halogens is 1. The van der Waals surface area contributed by atoms with Crippen LogP contribution in [0.5, 0.6) is 0 Å². The van der Waals surface area contributed by atoms with Crippen LogP contribution < -0.4 is 10.6 Å². The van der Waals surface area contributed by atoms with E-state index in [1.807, 2.05) is 6.92 Å². The Bertz CT molecular complexity index is 992. The van der Waals surface area contributed by atoms with Crippen LogP contribution in [0.3, 0.4) is 0 Å². The van der Waals surface area contributed by atoms with Gasteiger partial charge in [0.25, 0.3) is 5.91 Å². The summed E-state index contributed by atoms with van der Waals surface area (Å²) in [6.07, 6.45) is 4.49. The largest absolute Gasteiger partial charge is 0.444 e. The molecule has 4 N–H and O–H groups in total. The quantitative estimate of drug-likeness (QED) is 0.431. The Labute approximate surface area is 200 Å². The average molecular weight is 476 g/mol. The van der Waals surface area contributed by atoms with E-state index in [2.05, 4.69) is 15.6 Å². The van der Waals surface area contributed by atoms with Crippen molar-refractivity contribution in [1.29, 1.82) is 0 Å². The van der Waals surface area contributed by atoms with Crippen LogP contribution in [0.25, 0.3) is 10.9 Å². The molecule has 3 rings (SSSR count). The Morgan fingerprint density at radius 3 is 2.59 bits per heavy atom. The van der Waals surface area contributed by atoms with Crippen molar-refractivity contribution in [2.75, 3.05) is 13.1 Å². The number of aliphatic hydroxyl groups excluding tert-OH is 1.